The highest BCUT2D eigenvalue weighted by molar-refractivity contribution is 7.90. The van der Waals surface area contributed by atoms with Crippen molar-refractivity contribution in [3.8, 4) is 0 Å². The molecule has 1 aromatic carbocycles. The standard InChI is InChI=1S/C22H22F2N4O3S2/c1-3-18-19(9-20(13(2)23)33(30)27-21-26-7-8-32-21)31-22(29)28(18)12-14-5-4-6-15-16(14)10-25-11-17(15)24/h4-9,17,25H,2-3,10-12H2,1H3,(H,26,27)/b20-9+. The second-order valence-electron chi connectivity index (χ2n) is 7.32. The van der Waals surface area contributed by atoms with Gasteiger partial charge in [0.2, 0.25) is 0 Å². The number of allylic oxidation sites excluding steroid dienone is 1. The van der Waals surface area contributed by atoms with E-state index in [0.717, 1.165) is 11.1 Å². The SMILES string of the molecule is C=C(F)/C(=C\c1oc(=O)n(Cc2cccc3c2CNCC3F)c1CC)S(=O)Nc1nccs1. The van der Waals surface area contributed by atoms with Crippen molar-refractivity contribution in [3.05, 3.63) is 85.8 Å². The lowest BCUT2D eigenvalue weighted by Gasteiger charge is -2.23. The molecule has 0 bridgehead atoms. The van der Waals surface area contributed by atoms with E-state index in [4.69, 9.17) is 4.42 Å². The summed E-state index contributed by atoms with van der Waals surface area (Å²) in [6.45, 7) is 6.00. The van der Waals surface area contributed by atoms with Gasteiger partial charge in [0.25, 0.3) is 0 Å². The number of halogens is 2. The van der Waals surface area contributed by atoms with Crippen LogP contribution < -0.4 is 15.8 Å². The number of fused-ring (bicyclic) bond motifs is 1. The minimum absolute atomic E-state index is 0.0943. The number of oxazole rings is 1. The normalized spacial score (nSPS) is 16.9. The monoisotopic (exact) mass is 492 g/mol. The molecule has 3 aromatic rings. The number of thiazole rings is 1. The van der Waals surface area contributed by atoms with Gasteiger partial charge in [0.1, 0.15) is 12.0 Å². The van der Waals surface area contributed by atoms with Gasteiger partial charge >= 0.3 is 5.76 Å². The quantitative estimate of drug-likeness (QED) is 0.460. The number of anilines is 1. The molecule has 0 amide bonds. The smallest absolute Gasteiger partial charge is 0.408 e. The van der Waals surface area contributed by atoms with Crippen molar-refractivity contribution < 1.29 is 17.4 Å². The predicted octanol–water partition coefficient (Wildman–Crippen LogP) is 4.22. The fraction of sp³-hybridized carbons (Fsp3) is 0.273. The lowest BCUT2D eigenvalue weighted by molar-refractivity contribution is 0.309. The molecule has 0 saturated carbocycles. The van der Waals surface area contributed by atoms with E-state index in [0.29, 0.717) is 29.4 Å². The summed E-state index contributed by atoms with van der Waals surface area (Å²) in [4.78, 5) is 16.4. The molecule has 1 aliphatic heterocycles. The summed E-state index contributed by atoms with van der Waals surface area (Å²) in [5.41, 5.74) is 2.72. The van der Waals surface area contributed by atoms with Crippen LogP contribution in [0.5, 0.6) is 0 Å². The number of aromatic nitrogens is 2. The molecule has 0 spiro atoms. The Kier molecular flexibility index (Phi) is 7.01. The van der Waals surface area contributed by atoms with E-state index in [-0.39, 0.29) is 23.8 Å². The molecule has 11 heteroatoms. The van der Waals surface area contributed by atoms with Gasteiger partial charge in [-0.15, -0.1) is 11.3 Å². The fourth-order valence-corrected chi connectivity index (χ4v) is 5.29. The summed E-state index contributed by atoms with van der Waals surface area (Å²) in [7, 11) is -2.01. The average molecular weight is 493 g/mol. The average Bonchev–Trinajstić information content (AvgIpc) is 3.40. The van der Waals surface area contributed by atoms with Crippen LogP contribution in [-0.2, 0) is 30.5 Å². The highest BCUT2D eigenvalue weighted by Gasteiger charge is 2.23. The van der Waals surface area contributed by atoms with Gasteiger partial charge in [0, 0.05) is 30.7 Å². The van der Waals surface area contributed by atoms with Gasteiger partial charge in [0.15, 0.2) is 21.9 Å². The second-order valence-corrected chi connectivity index (χ2v) is 9.40. The maximum atomic E-state index is 14.3. The maximum Gasteiger partial charge on any atom is 0.419 e. The van der Waals surface area contributed by atoms with Crippen molar-refractivity contribution in [2.24, 2.45) is 0 Å². The van der Waals surface area contributed by atoms with Crippen LogP contribution in [0.1, 0.15) is 41.2 Å². The van der Waals surface area contributed by atoms with Crippen LogP contribution in [-0.4, -0.2) is 20.3 Å². The molecule has 174 valence electrons. The first-order chi connectivity index (χ1) is 15.9. The van der Waals surface area contributed by atoms with E-state index in [1.165, 1.54) is 28.2 Å². The zero-order valence-electron chi connectivity index (χ0n) is 17.8. The van der Waals surface area contributed by atoms with Crippen LogP contribution in [0, 0.1) is 0 Å². The third-order valence-electron chi connectivity index (χ3n) is 5.30. The van der Waals surface area contributed by atoms with Crippen LogP contribution in [0.2, 0.25) is 0 Å². The van der Waals surface area contributed by atoms with E-state index in [1.54, 1.807) is 17.5 Å². The number of rotatable bonds is 8. The van der Waals surface area contributed by atoms with E-state index in [9.17, 15) is 17.8 Å². The molecule has 2 unspecified atom stereocenters. The lowest BCUT2D eigenvalue weighted by Crippen LogP contribution is -2.28. The minimum atomic E-state index is -2.01. The molecule has 3 heterocycles. The summed E-state index contributed by atoms with van der Waals surface area (Å²) in [5.74, 6) is -1.47. The molecular weight excluding hydrogens is 470 g/mol. The summed E-state index contributed by atoms with van der Waals surface area (Å²) in [6, 6.07) is 5.36. The Morgan fingerprint density at radius 2 is 2.33 bits per heavy atom. The van der Waals surface area contributed by atoms with Crippen molar-refractivity contribution in [1.82, 2.24) is 14.9 Å². The third kappa shape index (κ3) is 4.90. The van der Waals surface area contributed by atoms with Gasteiger partial charge in [-0.05, 0) is 23.1 Å². The Balaban J connectivity index is 1.70. The molecule has 1 aliphatic rings. The van der Waals surface area contributed by atoms with Crippen molar-refractivity contribution in [3.63, 3.8) is 0 Å². The Bertz CT molecular complexity index is 1280. The van der Waals surface area contributed by atoms with Gasteiger partial charge in [0.05, 0.1) is 17.1 Å². The Morgan fingerprint density at radius 1 is 1.52 bits per heavy atom. The van der Waals surface area contributed by atoms with Gasteiger partial charge in [-0.3, -0.25) is 9.29 Å². The second kappa shape index (κ2) is 9.94. The lowest BCUT2D eigenvalue weighted by atomic mass is 9.94. The van der Waals surface area contributed by atoms with Crippen molar-refractivity contribution in [2.75, 3.05) is 11.3 Å². The molecule has 2 atom stereocenters. The molecule has 7 nitrogen and oxygen atoms in total. The first kappa shape index (κ1) is 23.3. The number of benzene rings is 1. The van der Waals surface area contributed by atoms with Crippen LogP contribution in [0.25, 0.3) is 6.08 Å². The molecule has 0 aliphatic carbocycles. The van der Waals surface area contributed by atoms with Gasteiger partial charge in [-0.25, -0.2) is 22.8 Å². The highest BCUT2D eigenvalue weighted by atomic mass is 32.2. The Hall–Kier alpha value is -2.89. The Labute approximate surface area is 195 Å². The number of nitrogens with one attached hydrogen (secondary N) is 2. The summed E-state index contributed by atoms with van der Waals surface area (Å²) < 4.78 is 50.6. The van der Waals surface area contributed by atoms with E-state index >= 15 is 0 Å². The van der Waals surface area contributed by atoms with E-state index in [1.807, 2.05) is 13.0 Å². The van der Waals surface area contributed by atoms with Gasteiger partial charge in [-0.2, -0.15) is 0 Å². The molecule has 4 rings (SSSR count). The molecule has 2 aromatic heterocycles. The first-order valence-electron chi connectivity index (χ1n) is 10.2. The number of alkyl halides is 1. The summed E-state index contributed by atoms with van der Waals surface area (Å²) in [5, 5.41) is 5.08. The largest absolute Gasteiger partial charge is 0.419 e. The van der Waals surface area contributed by atoms with Crippen LogP contribution in [0.15, 0.2) is 56.3 Å². The molecule has 0 fully saturated rings. The molecule has 0 radical (unpaired) electrons. The summed E-state index contributed by atoms with van der Waals surface area (Å²) >= 11 is 1.21. The zero-order valence-corrected chi connectivity index (χ0v) is 19.4. The number of hydrogen-bond donors (Lipinski definition) is 2. The molecule has 2 N–H and O–H groups in total. The molecule has 33 heavy (non-hydrogen) atoms. The summed E-state index contributed by atoms with van der Waals surface area (Å²) in [6.07, 6.45) is 2.03. The minimum Gasteiger partial charge on any atom is -0.408 e. The van der Waals surface area contributed by atoms with Crippen molar-refractivity contribution in [2.45, 2.75) is 32.6 Å². The Morgan fingerprint density at radius 3 is 3.03 bits per heavy atom. The third-order valence-corrected chi connectivity index (χ3v) is 7.24. The van der Waals surface area contributed by atoms with Crippen molar-refractivity contribution >= 4 is 33.5 Å². The van der Waals surface area contributed by atoms with E-state index < -0.39 is 28.7 Å². The fourth-order valence-electron chi connectivity index (χ4n) is 3.76. The maximum absolute atomic E-state index is 14.3. The van der Waals surface area contributed by atoms with Crippen LogP contribution >= 0.6 is 11.3 Å². The van der Waals surface area contributed by atoms with E-state index in [2.05, 4.69) is 21.6 Å². The zero-order chi connectivity index (χ0) is 23.5. The topological polar surface area (TPSA) is 89.2 Å². The highest BCUT2D eigenvalue weighted by Crippen LogP contribution is 2.29. The first-order valence-corrected chi connectivity index (χ1v) is 12.2. The van der Waals surface area contributed by atoms with Gasteiger partial charge < -0.3 is 9.73 Å². The molecule has 0 saturated heterocycles. The molecular formula is C22H22F2N4O3S2. The predicted molar refractivity (Wildman–Crippen MR) is 126 cm³/mol. The van der Waals surface area contributed by atoms with Crippen LogP contribution in [0.4, 0.5) is 13.9 Å². The van der Waals surface area contributed by atoms with Gasteiger partial charge in [-0.1, -0.05) is 31.7 Å². The van der Waals surface area contributed by atoms with Crippen molar-refractivity contribution in [1.29, 1.82) is 0 Å². The number of hydrogen-bond acceptors (Lipinski definition) is 6. The van der Waals surface area contributed by atoms with Crippen LogP contribution in [0.3, 0.4) is 0 Å². The number of nitrogens with zero attached hydrogens (tertiary/aromatic N) is 2.